The fourth-order valence-corrected chi connectivity index (χ4v) is 7.29. The molecule has 1 aliphatic carbocycles. The summed E-state index contributed by atoms with van der Waals surface area (Å²) in [7, 11) is 0. The maximum atomic E-state index is 13.3. The highest BCUT2D eigenvalue weighted by Crippen LogP contribution is 2.41. The van der Waals surface area contributed by atoms with E-state index in [1.807, 2.05) is 23.0 Å². The number of amides is 2. The first-order chi connectivity index (χ1) is 19.7. The predicted molar refractivity (Wildman–Crippen MR) is 148 cm³/mol. The van der Waals surface area contributed by atoms with Gasteiger partial charge in [-0.05, 0) is 6.42 Å². The molecule has 1 saturated carbocycles. The van der Waals surface area contributed by atoms with Crippen molar-refractivity contribution < 1.29 is 38.8 Å². The van der Waals surface area contributed by atoms with Gasteiger partial charge in [-0.2, -0.15) is 4.57 Å². The van der Waals surface area contributed by atoms with E-state index in [0.29, 0.717) is 17.7 Å². The Kier molecular flexibility index (Phi) is 6.87. The maximum Gasteiger partial charge on any atom is 0.352 e. The number of carbonyl (C=O) groups excluding carboxylic acids is 2. The van der Waals surface area contributed by atoms with Crippen LogP contribution in [0.4, 0.5) is 5.13 Å². The number of carboxylic acid groups (broad SMARTS) is 2. The monoisotopic (exact) mass is 616 g/mol. The van der Waals surface area contributed by atoms with Gasteiger partial charge in [-0.25, -0.2) is 19.6 Å². The highest BCUT2D eigenvalue weighted by Gasteiger charge is 2.55. The third-order valence-corrected chi connectivity index (χ3v) is 9.91. The van der Waals surface area contributed by atoms with Crippen LogP contribution in [0.25, 0.3) is 10.2 Å². The lowest BCUT2D eigenvalue weighted by Gasteiger charge is -2.49. The number of nitrogens with one attached hydrogen (secondary N) is 1. The minimum atomic E-state index is -1.53. The standard InChI is InChI=1S/C24H21N7O7S3/c25-23-27-13(9-40-23)15(29-38-24(22(36)37)3-1-4-24)18(32)28-16-19(33)31-17(21(34)35)11(8-39-20(16)31)6-30-5-2-14-12(7-30)26-10-41-14/h2,5,7,9-10,16,20H,1,3-4,6,8H2,(H4-,25,27,28,32,34,35,36,37)/p+1/b29-15+/t16?,20-/m1/s1. The summed E-state index contributed by atoms with van der Waals surface area (Å²) in [5, 5.41) is 27.0. The molecular weight excluding hydrogens is 595 g/mol. The third kappa shape index (κ3) is 4.78. The molecule has 41 heavy (non-hydrogen) atoms. The first-order valence-corrected chi connectivity index (χ1v) is 15.1. The van der Waals surface area contributed by atoms with Crippen molar-refractivity contribution in [1.82, 2.24) is 20.2 Å². The van der Waals surface area contributed by atoms with Gasteiger partial charge in [-0.1, -0.05) is 5.16 Å². The van der Waals surface area contributed by atoms with Gasteiger partial charge in [0, 0.05) is 35.6 Å². The molecule has 1 saturated heterocycles. The normalized spacial score (nSPS) is 21.6. The number of pyridine rings is 1. The minimum Gasteiger partial charge on any atom is -0.478 e. The van der Waals surface area contributed by atoms with Crippen LogP contribution in [0.1, 0.15) is 25.0 Å². The molecule has 5 heterocycles. The average molecular weight is 617 g/mol. The number of aliphatic carboxylic acids is 2. The molecule has 3 aromatic rings. The molecule has 0 aromatic carbocycles. The number of thioether (sulfide) groups is 1. The molecule has 2 atom stereocenters. The molecule has 17 heteroatoms. The Labute approximate surface area is 243 Å². The van der Waals surface area contributed by atoms with Crippen LogP contribution >= 0.6 is 34.4 Å². The molecule has 1 unspecified atom stereocenters. The van der Waals surface area contributed by atoms with Gasteiger partial charge in [-0.15, -0.1) is 34.4 Å². The molecule has 2 fully saturated rings. The van der Waals surface area contributed by atoms with Crippen molar-refractivity contribution in [2.24, 2.45) is 5.16 Å². The number of fused-ring (bicyclic) bond motifs is 2. The fourth-order valence-electron chi connectivity index (χ4n) is 4.76. The van der Waals surface area contributed by atoms with E-state index in [1.165, 1.54) is 33.4 Å². The number of thiazole rings is 2. The summed E-state index contributed by atoms with van der Waals surface area (Å²) in [5.41, 5.74) is 6.86. The minimum absolute atomic E-state index is 0.0623. The van der Waals surface area contributed by atoms with Crippen molar-refractivity contribution in [3.8, 4) is 0 Å². The van der Waals surface area contributed by atoms with E-state index in [1.54, 1.807) is 5.51 Å². The molecule has 0 radical (unpaired) electrons. The second-order valence-electron chi connectivity index (χ2n) is 9.59. The van der Waals surface area contributed by atoms with Crippen LogP contribution in [0.2, 0.25) is 0 Å². The number of nitrogen functional groups attached to an aromatic ring is 1. The number of anilines is 1. The summed E-state index contributed by atoms with van der Waals surface area (Å²) >= 11 is 3.88. The van der Waals surface area contributed by atoms with E-state index >= 15 is 0 Å². The number of oxime groups is 1. The summed E-state index contributed by atoms with van der Waals surface area (Å²) in [4.78, 5) is 65.4. The topological polar surface area (TPSA) is 201 Å². The van der Waals surface area contributed by atoms with E-state index < -0.39 is 40.8 Å². The number of carboxylic acids is 2. The van der Waals surface area contributed by atoms with E-state index in [-0.39, 0.29) is 41.6 Å². The predicted octanol–water partition coefficient (Wildman–Crippen LogP) is 0.789. The van der Waals surface area contributed by atoms with Crippen LogP contribution in [0.3, 0.4) is 0 Å². The van der Waals surface area contributed by atoms with Gasteiger partial charge in [0.2, 0.25) is 5.60 Å². The molecule has 14 nitrogen and oxygen atoms in total. The Balaban J connectivity index is 1.22. The van der Waals surface area contributed by atoms with Gasteiger partial charge in [0.1, 0.15) is 28.3 Å². The molecule has 3 aliphatic rings. The number of carbonyl (C=O) groups is 4. The number of aromatic nitrogens is 3. The fraction of sp³-hybridized carbons (Fsp3) is 0.333. The summed E-state index contributed by atoms with van der Waals surface area (Å²) in [5.74, 6) is -3.54. The van der Waals surface area contributed by atoms with Crippen molar-refractivity contribution in [2.45, 2.75) is 42.8 Å². The van der Waals surface area contributed by atoms with E-state index in [2.05, 4.69) is 20.4 Å². The summed E-state index contributed by atoms with van der Waals surface area (Å²) < 4.78 is 2.82. The zero-order chi connectivity index (χ0) is 28.9. The SMILES string of the molecule is Nc1nc(/C(=N\OC2(C(=O)O)CCC2)C(=O)NC2C(=O)N3C(C(=O)O)=C(C[n+]4ccc5scnc5c4)CS[C@H]23)cs1. The third-order valence-electron chi connectivity index (χ3n) is 7.08. The number of rotatable bonds is 9. The van der Waals surface area contributed by atoms with Crippen molar-refractivity contribution in [1.29, 1.82) is 0 Å². The van der Waals surface area contributed by atoms with Crippen LogP contribution in [-0.4, -0.2) is 77.3 Å². The van der Waals surface area contributed by atoms with Crippen molar-refractivity contribution >= 4 is 79.2 Å². The van der Waals surface area contributed by atoms with Crippen LogP contribution in [-0.2, 0) is 30.6 Å². The Morgan fingerprint density at radius 1 is 1.29 bits per heavy atom. The van der Waals surface area contributed by atoms with E-state index in [0.717, 1.165) is 21.6 Å². The molecule has 212 valence electrons. The zero-order valence-electron chi connectivity index (χ0n) is 21.1. The van der Waals surface area contributed by atoms with Crippen LogP contribution in [0, 0.1) is 0 Å². The van der Waals surface area contributed by atoms with Gasteiger partial charge in [-0.3, -0.25) is 14.5 Å². The van der Waals surface area contributed by atoms with Gasteiger partial charge in [0.05, 0.1) is 10.2 Å². The largest absolute Gasteiger partial charge is 0.478 e. The first-order valence-electron chi connectivity index (χ1n) is 12.3. The van der Waals surface area contributed by atoms with Crippen molar-refractivity contribution in [3.05, 3.63) is 46.3 Å². The number of β-lactam (4-membered cyclic amide) rings is 1. The Bertz CT molecular complexity index is 1660. The second kappa shape index (κ2) is 10.4. The Morgan fingerprint density at radius 2 is 2.10 bits per heavy atom. The number of hydrogen-bond donors (Lipinski definition) is 4. The van der Waals surface area contributed by atoms with Gasteiger partial charge in [0.15, 0.2) is 29.8 Å². The smallest absolute Gasteiger partial charge is 0.352 e. The van der Waals surface area contributed by atoms with Crippen LogP contribution < -0.4 is 15.6 Å². The number of hydrogen-bond acceptors (Lipinski definition) is 12. The average Bonchev–Trinajstić information content (AvgIpc) is 3.56. The van der Waals surface area contributed by atoms with E-state index in [4.69, 9.17) is 10.6 Å². The zero-order valence-corrected chi connectivity index (χ0v) is 23.5. The molecule has 2 amide bonds. The Hall–Kier alpha value is -4.09. The molecule has 3 aromatic heterocycles. The van der Waals surface area contributed by atoms with Gasteiger partial charge >= 0.3 is 11.9 Å². The van der Waals surface area contributed by atoms with Crippen LogP contribution in [0.15, 0.2) is 45.8 Å². The van der Waals surface area contributed by atoms with Crippen LogP contribution in [0.5, 0.6) is 0 Å². The molecule has 5 N–H and O–H groups in total. The maximum absolute atomic E-state index is 13.3. The highest BCUT2D eigenvalue weighted by atomic mass is 32.2. The number of nitrogens with two attached hydrogens (primary N) is 1. The van der Waals surface area contributed by atoms with Crippen molar-refractivity contribution in [3.63, 3.8) is 0 Å². The second-order valence-corrected chi connectivity index (χ2v) is 12.5. The molecule has 0 spiro atoms. The lowest BCUT2D eigenvalue weighted by molar-refractivity contribution is -0.687. The number of nitrogens with zero attached hydrogens (tertiary/aromatic N) is 5. The van der Waals surface area contributed by atoms with Gasteiger partial charge in [0.25, 0.3) is 11.8 Å². The lowest BCUT2D eigenvalue weighted by atomic mass is 9.80. The highest BCUT2D eigenvalue weighted by molar-refractivity contribution is 8.00. The summed E-state index contributed by atoms with van der Waals surface area (Å²) in [6, 6.07) is 0.857. The molecular formula is C24H22N7O7S3+. The molecule has 2 aliphatic heterocycles. The Morgan fingerprint density at radius 3 is 2.76 bits per heavy atom. The molecule has 0 bridgehead atoms. The summed E-state index contributed by atoms with van der Waals surface area (Å²) in [6.07, 6.45) is 4.76. The van der Waals surface area contributed by atoms with E-state index in [9.17, 15) is 29.4 Å². The van der Waals surface area contributed by atoms with Crippen molar-refractivity contribution in [2.75, 3.05) is 11.5 Å². The molecule has 6 rings (SSSR count). The van der Waals surface area contributed by atoms with Gasteiger partial charge < -0.3 is 26.1 Å². The lowest BCUT2D eigenvalue weighted by Crippen LogP contribution is -2.71. The summed E-state index contributed by atoms with van der Waals surface area (Å²) in [6.45, 7) is 0.250. The first kappa shape index (κ1) is 27.1. The quantitative estimate of drug-likeness (QED) is 0.115.